The quantitative estimate of drug-likeness (QED) is 0.788. The molecule has 1 saturated heterocycles. The van der Waals surface area contributed by atoms with Gasteiger partial charge in [0.25, 0.3) is 0 Å². The highest BCUT2D eigenvalue weighted by Gasteiger charge is 2.28. The molecule has 0 spiro atoms. The number of H-pyrrole nitrogens is 1. The highest BCUT2D eigenvalue weighted by molar-refractivity contribution is 5.85. The maximum atomic E-state index is 12.0. The van der Waals surface area contributed by atoms with Crippen molar-refractivity contribution in [1.29, 1.82) is 0 Å². The summed E-state index contributed by atoms with van der Waals surface area (Å²) in [5, 5.41) is 13.7. The number of hydrogen-bond acceptors (Lipinski definition) is 3. The minimum Gasteiger partial charge on any atom is -0.351 e. The second kappa shape index (κ2) is 8.61. The zero-order chi connectivity index (χ0) is 13.9. The summed E-state index contributed by atoms with van der Waals surface area (Å²) in [6, 6.07) is 0. The van der Waals surface area contributed by atoms with Crippen LogP contribution in [0.3, 0.4) is 0 Å². The molecule has 1 aliphatic rings. The van der Waals surface area contributed by atoms with Gasteiger partial charge in [0.1, 0.15) is 0 Å². The van der Waals surface area contributed by atoms with Crippen LogP contribution in [0, 0.1) is 13.8 Å². The largest absolute Gasteiger partial charge is 0.351 e. The number of aromatic nitrogens is 2. The van der Waals surface area contributed by atoms with Gasteiger partial charge in [-0.15, -0.1) is 24.8 Å². The van der Waals surface area contributed by atoms with Crippen molar-refractivity contribution in [1.82, 2.24) is 20.8 Å². The number of nitrogens with zero attached hydrogens (tertiary/aromatic N) is 1. The Balaban J connectivity index is 0.00000200. The first kappa shape index (κ1) is 20.2. The molecule has 0 saturated carbocycles. The molecule has 2 heterocycles. The topological polar surface area (TPSA) is 69.8 Å². The van der Waals surface area contributed by atoms with Gasteiger partial charge in [-0.25, -0.2) is 0 Å². The van der Waals surface area contributed by atoms with E-state index in [-0.39, 0.29) is 36.3 Å². The molecule has 3 N–H and O–H groups in total. The Bertz CT molecular complexity index is 456. The van der Waals surface area contributed by atoms with E-state index in [9.17, 15) is 4.79 Å². The monoisotopic (exact) mass is 336 g/mol. The summed E-state index contributed by atoms with van der Waals surface area (Å²) in [5.74, 6) is 0.129. The van der Waals surface area contributed by atoms with Gasteiger partial charge in [-0.05, 0) is 52.3 Å². The fraction of sp³-hybridized carbons (Fsp3) is 0.714. The van der Waals surface area contributed by atoms with Crippen molar-refractivity contribution >= 4 is 30.7 Å². The summed E-state index contributed by atoms with van der Waals surface area (Å²) in [6.45, 7) is 8.14. The van der Waals surface area contributed by atoms with E-state index in [1.807, 2.05) is 13.8 Å². The lowest BCUT2D eigenvalue weighted by Gasteiger charge is -2.35. The normalized spacial score (nSPS) is 16.5. The van der Waals surface area contributed by atoms with Gasteiger partial charge in [-0.1, -0.05) is 0 Å². The van der Waals surface area contributed by atoms with E-state index >= 15 is 0 Å². The van der Waals surface area contributed by atoms with Gasteiger partial charge in [-0.2, -0.15) is 5.10 Å². The molecule has 1 aromatic rings. The molecule has 0 aromatic carbocycles. The number of halogens is 2. The molecule has 1 fully saturated rings. The molecule has 5 nitrogen and oxygen atoms in total. The van der Waals surface area contributed by atoms with E-state index in [0.29, 0.717) is 12.8 Å². The zero-order valence-electron chi connectivity index (χ0n) is 12.9. The Morgan fingerprint density at radius 2 is 1.90 bits per heavy atom. The van der Waals surface area contributed by atoms with Crippen molar-refractivity contribution in [3.05, 3.63) is 17.0 Å². The molecule has 1 aliphatic heterocycles. The van der Waals surface area contributed by atoms with E-state index < -0.39 is 0 Å². The van der Waals surface area contributed by atoms with Crippen LogP contribution in [0.15, 0.2) is 0 Å². The van der Waals surface area contributed by atoms with Gasteiger partial charge in [-0.3, -0.25) is 9.89 Å². The number of piperidine rings is 1. The number of nitrogens with one attached hydrogen (secondary N) is 3. The fourth-order valence-corrected chi connectivity index (χ4v) is 2.51. The fourth-order valence-electron chi connectivity index (χ4n) is 2.51. The van der Waals surface area contributed by atoms with Crippen LogP contribution in [-0.4, -0.2) is 34.7 Å². The van der Waals surface area contributed by atoms with Crippen LogP contribution >= 0.6 is 24.8 Å². The Kier molecular flexibility index (Phi) is 8.29. The summed E-state index contributed by atoms with van der Waals surface area (Å²) in [5.41, 5.74) is 3.21. The second-order valence-electron chi connectivity index (χ2n) is 5.78. The van der Waals surface area contributed by atoms with Crippen LogP contribution in [0.1, 0.15) is 43.1 Å². The maximum absolute atomic E-state index is 12.0. The number of aryl methyl sites for hydroxylation is 2. The summed E-state index contributed by atoms with van der Waals surface area (Å²) in [7, 11) is 0. The van der Waals surface area contributed by atoms with E-state index in [2.05, 4.69) is 27.8 Å². The number of rotatable bonds is 4. The van der Waals surface area contributed by atoms with Gasteiger partial charge in [0.05, 0.1) is 5.69 Å². The average Bonchev–Trinajstić information content (AvgIpc) is 2.68. The number of carbonyl (C=O) groups is 1. The van der Waals surface area contributed by atoms with Gasteiger partial charge in [0.15, 0.2) is 0 Å². The molecule has 0 aliphatic carbocycles. The molecular formula is C14H26Cl2N4O. The Labute approximate surface area is 138 Å². The van der Waals surface area contributed by atoms with Crippen LogP contribution < -0.4 is 10.6 Å². The zero-order valence-corrected chi connectivity index (χ0v) is 14.5. The van der Waals surface area contributed by atoms with Crippen LogP contribution in [0.25, 0.3) is 0 Å². The molecule has 7 heteroatoms. The number of hydrogen-bond donors (Lipinski definition) is 3. The predicted octanol–water partition coefficient (Wildman–Crippen LogP) is 2.06. The lowest BCUT2D eigenvalue weighted by atomic mass is 9.90. The standard InChI is InChI=1S/C14H24N4O.2ClH/c1-10-11(2)17-18-12(10)4-5-13(19)16-14(3)6-8-15-9-7-14;;/h15H,4-9H2,1-3H3,(H,16,19)(H,17,18);2*1H. The summed E-state index contributed by atoms with van der Waals surface area (Å²) >= 11 is 0. The molecule has 0 unspecified atom stereocenters. The molecule has 1 aromatic heterocycles. The van der Waals surface area contributed by atoms with Crippen LogP contribution in [0.2, 0.25) is 0 Å². The van der Waals surface area contributed by atoms with Gasteiger partial charge in [0.2, 0.25) is 5.91 Å². The highest BCUT2D eigenvalue weighted by atomic mass is 35.5. The third-order valence-corrected chi connectivity index (χ3v) is 4.09. The van der Waals surface area contributed by atoms with E-state index in [1.54, 1.807) is 0 Å². The molecule has 1 amide bonds. The van der Waals surface area contributed by atoms with Crippen LogP contribution in [0.4, 0.5) is 0 Å². The van der Waals surface area contributed by atoms with E-state index in [0.717, 1.165) is 37.3 Å². The lowest BCUT2D eigenvalue weighted by Crippen LogP contribution is -2.52. The highest BCUT2D eigenvalue weighted by Crippen LogP contribution is 2.17. The molecule has 0 radical (unpaired) electrons. The van der Waals surface area contributed by atoms with Crippen molar-refractivity contribution < 1.29 is 4.79 Å². The van der Waals surface area contributed by atoms with Crippen LogP contribution in [0.5, 0.6) is 0 Å². The van der Waals surface area contributed by atoms with E-state index in [1.165, 1.54) is 5.56 Å². The molecule has 21 heavy (non-hydrogen) atoms. The molecule has 122 valence electrons. The van der Waals surface area contributed by atoms with Crippen molar-refractivity contribution in [2.75, 3.05) is 13.1 Å². The van der Waals surface area contributed by atoms with Gasteiger partial charge < -0.3 is 10.6 Å². The van der Waals surface area contributed by atoms with Crippen LogP contribution in [-0.2, 0) is 11.2 Å². The predicted molar refractivity (Wildman–Crippen MR) is 89.5 cm³/mol. The van der Waals surface area contributed by atoms with Gasteiger partial charge >= 0.3 is 0 Å². The first-order chi connectivity index (χ1) is 9.00. The van der Waals surface area contributed by atoms with Gasteiger partial charge in [0, 0.05) is 24.1 Å². The Hall–Kier alpha value is -0.780. The van der Waals surface area contributed by atoms with E-state index in [4.69, 9.17) is 0 Å². The molecule has 0 bridgehead atoms. The first-order valence-corrected chi connectivity index (χ1v) is 7.02. The number of carbonyl (C=O) groups excluding carboxylic acids is 1. The maximum Gasteiger partial charge on any atom is 0.220 e. The SMILES string of the molecule is Cc1[nH]nc(CCC(=O)NC2(C)CCNCC2)c1C.Cl.Cl. The van der Waals surface area contributed by atoms with Crippen molar-refractivity contribution in [3.8, 4) is 0 Å². The summed E-state index contributed by atoms with van der Waals surface area (Å²) < 4.78 is 0. The third-order valence-electron chi connectivity index (χ3n) is 4.09. The average molecular weight is 337 g/mol. The van der Waals surface area contributed by atoms with Crippen molar-refractivity contribution in [3.63, 3.8) is 0 Å². The Morgan fingerprint density at radius 3 is 2.43 bits per heavy atom. The Morgan fingerprint density at radius 1 is 1.29 bits per heavy atom. The minimum absolute atomic E-state index is 0. The smallest absolute Gasteiger partial charge is 0.220 e. The molecule has 0 atom stereocenters. The third kappa shape index (κ3) is 5.49. The second-order valence-corrected chi connectivity index (χ2v) is 5.78. The molecule has 2 rings (SSSR count). The number of amides is 1. The van der Waals surface area contributed by atoms with Crippen molar-refractivity contribution in [2.24, 2.45) is 0 Å². The minimum atomic E-state index is -0.0428. The first-order valence-electron chi connectivity index (χ1n) is 7.02. The number of aromatic amines is 1. The van der Waals surface area contributed by atoms with Crippen molar-refractivity contribution in [2.45, 2.75) is 52.0 Å². The summed E-state index contributed by atoms with van der Waals surface area (Å²) in [4.78, 5) is 12.0. The lowest BCUT2D eigenvalue weighted by molar-refractivity contribution is -0.123. The molecular weight excluding hydrogens is 311 g/mol. The summed E-state index contributed by atoms with van der Waals surface area (Å²) in [6.07, 6.45) is 3.21.